The summed E-state index contributed by atoms with van der Waals surface area (Å²) in [7, 11) is 0. The van der Waals surface area contributed by atoms with Crippen molar-refractivity contribution in [2.24, 2.45) is 4.99 Å². The monoisotopic (exact) mass is 654 g/mol. The number of aliphatic carboxylic acids is 1. The molecule has 14 nitrogen and oxygen atoms in total. The number of aliphatic hydroxyl groups is 3. The van der Waals surface area contributed by atoms with E-state index in [4.69, 9.17) is 14.6 Å². The highest BCUT2D eigenvalue weighted by Crippen LogP contribution is 2.21. The number of aliphatic imine (C=N–C) groups is 1. The number of hydrogen-bond donors (Lipinski definition) is 7. The summed E-state index contributed by atoms with van der Waals surface area (Å²) in [5, 5.41) is 49.8. The van der Waals surface area contributed by atoms with Gasteiger partial charge in [-0.1, -0.05) is 60.7 Å². The molecule has 2 aliphatic rings. The van der Waals surface area contributed by atoms with Crippen LogP contribution in [-0.4, -0.2) is 98.4 Å². The summed E-state index contributed by atoms with van der Waals surface area (Å²) in [6.45, 7) is 0.791. The third-order valence-corrected chi connectivity index (χ3v) is 7.88. The molecule has 4 atom stereocenters. The van der Waals surface area contributed by atoms with Crippen molar-refractivity contribution < 1.29 is 48.9 Å². The fourth-order valence-corrected chi connectivity index (χ4v) is 5.37. The summed E-state index contributed by atoms with van der Waals surface area (Å²) >= 11 is 0. The van der Waals surface area contributed by atoms with Crippen molar-refractivity contribution in [3.63, 3.8) is 0 Å². The molecular formula is C33H44N5O9+. The summed E-state index contributed by atoms with van der Waals surface area (Å²) in [6, 6.07) is 17.4. The van der Waals surface area contributed by atoms with Gasteiger partial charge in [0.1, 0.15) is 31.9 Å². The van der Waals surface area contributed by atoms with Crippen molar-refractivity contribution in [2.45, 2.75) is 82.1 Å². The third-order valence-electron chi connectivity index (χ3n) is 7.88. The number of carboxylic acid groups (broad SMARTS) is 1. The molecule has 2 aromatic rings. The molecule has 1 amide bonds. The van der Waals surface area contributed by atoms with E-state index in [2.05, 4.69) is 20.9 Å². The standard InChI is InChI=1S/C33H43N5O9/c39-26-19-33(45)30(36-31(37-33)34-17-9-7-16-28(41)42)38(20-27(26)40)18-10-8-15-25(29(43)46-21-23-11-3-1-4-12-23)35-32(44)47-22-24-13-5-2-6-14-24/h1-6,11-14,25-27,39-40,45H,7-10,15-22H2,(H3,34,35,37,41,42,44)/p+1/t25-,26-,27+,33?/m0/s1. The Morgan fingerprint density at radius 2 is 1.60 bits per heavy atom. The number of fused-ring (bicyclic) bond motifs is 1. The van der Waals surface area contributed by atoms with E-state index in [1.54, 1.807) is 4.58 Å². The van der Waals surface area contributed by atoms with Crippen LogP contribution >= 0.6 is 0 Å². The lowest BCUT2D eigenvalue weighted by atomic mass is 10.0. The number of esters is 1. The van der Waals surface area contributed by atoms with Gasteiger partial charge in [-0.05, 0) is 43.2 Å². The number of nitrogens with zero attached hydrogens (tertiary/aromatic N) is 2. The minimum absolute atomic E-state index is 0.0337. The number of rotatable bonds is 16. The molecule has 4 rings (SSSR count). The Kier molecular flexibility index (Phi) is 13.1. The molecule has 47 heavy (non-hydrogen) atoms. The summed E-state index contributed by atoms with van der Waals surface area (Å²) in [6.07, 6.45) is -1.03. The fourth-order valence-electron chi connectivity index (χ4n) is 5.37. The quantitative estimate of drug-likeness (QED) is 0.0780. The molecule has 0 aromatic heterocycles. The number of amides is 1. The Morgan fingerprint density at radius 1 is 0.936 bits per heavy atom. The summed E-state index contributed by atoms with van der Waals surface area (Å²) < 4.78 is 12.6. The van der Waals surface area contributed by atoms with E-state index in [0.29, 0.717) is 44.6 Å². The predicted molar refractivity (Wildman–Crippen MR) is 170 cm³/mol. The largest absolute Gasteiger partial charge is 0.481 e. The Morgan fingerprint density at radius 3 is 2.26 bits per heavy atom. The van der Waals surface area contributed by atoms with Crippen LogP contribution in [0, 0.1) is 0 Å². The van der Waals surface area contributed by atoms with Crippen LogP contribution in [0.4, 0.5) is 4.79 Å². The highest BCUT2D eigenvalue weighted by molar-refractivity contribution is 6.08. The lowest BCUT2D eigenvalue weighted by Gasteiger charge is -2.21. The molecule has 14 heteroatoms. The second-order valence-electron chi connectivity index (χ2n) is 11.7. The van der Waals surface area contributed by atoms with Gasteiger partial charge in [-0.3, -0.25) is 14.7 Å². The van der Waals surface area contributed by atoms with Gasteiger partial charge in [0.2, 0.25) is 5.72 Å². The number of ether oxygens (including phenoxy) is 2. The van der Waals surface area contributed by atoms with Gasteiger partial charge in [0.05, 0.1) is 12.6 Å². The number of carboxylic acids is 1. The number of unbranched alkanes of at least 4 members (excludes halogenated alkanes) is 2. The molecule has 1 saturated heterocycles. The van der Waals surface area contributed by atoms with Crippen LogP contribution in [0.1, 0.15) is 56.1 Å². The molecule has 1 unspecified atom stereocenters. The first kappa shape index (κ1) is 35.3. The zero-order valence-electron chi connectivity index (χ0n) is 26.2. The summed E-state index contributed by atoms with van der Waals surface area (Å²) in [4.78, 5) is 40.8. The van der Waals surface area contributed by atoms with E-state index in [-0.39, 0.29) is 45.0 Å². The first-order valence-corrected chi connectivity index (χ1v) is 15.8. The number of β-amino-alcohol motifs (C(OH)–C–C–N with tert-alkyl or cyclic N) is 1. The van der Waals surface area contributed by atoms with Crippen LogP contribution in [0.3, 0.4) is 0 Å². The number of carbonyl (C=O) groups excluding carboxylic acids is 2. The first-order chi connectivity index (χ1) is 22.6. The average Bonchev–Trinajstić information content (AvgIpc) is 3.35. The van der Waals surface area contributed by atoms with E-state index in [1.165, 1.54) is 0 Å². The number of carbonyl (C=O) groups is 3. The zero-order valence-corrected chi connectivity index (χ0v) is 26.2. The highest BCUT2D eigenvalue weighted by Gasteiger charge is 2.53. The zero-order chi connectivity index (χ0) is 33.6. The van der Waals surface area contributed by atoms with E-state index in [0.717, 1.165) is 11.1 Å². The second-order valence-corrected chi connectivity index (χ2v) is 11.7. The van der Waals surface area contributed by atoms with Gasteiger partial charge < -0.3 is 35.2 Å². The molecule has 0 radical (unpaired) electrons. The van der Waals surface area contributed by atoms with E-state index >= 15 is 0 Å². The lowest BCUT2D eigenvalue weighted by molar-refractivity contribution is -0.541. The van der Waals surface area contributed by atoms with Crippen LogP contribution in [-0.2, 0) is 32.3 Å². The predicted octanol–water partition coefficient (Wildman–Crippen LogP) is 1.22. The minimum Gasteiger partial charge on any atom is -0.481 e. The van der Waals surface area contributed by atoms with E-state index in [1.807, 2.05) is 60.7 Å². The van der Waals surface area contributed by atoms with Gasteiger partial charge in [0.25, 0.3) is 5.96 Å². The van der Waals surface area contributed by atoms with Crippen LogP contribution in [0.5, 0.6) is 0 Å². The van der Waals surface area contributed by atoms with Crippen LogP contribution in [0.2, 0.25) is 0 Å². The van der Waals surface area contributed by atoms with Crippen LogP contribution in [0.15, 0.2) is 65.7 Å². The van der Waals surface area contributed by atoms with Crippen molar-refractivity contribution in [2.75, 3.05) is 19.6 Å². The maximum Gasteiger partial charge on any atom is 0.408 e. The van der Waals surface area contributed by atoms with Gasteiger partial charge in [-0.15, -0.1) is 0 Å². The van der Waals surface area contributed by atoms with Gasteiger partial charge in [-0.25, -0.2) is 19.9 Å². The van der Waals surface area contributed by atoms with E-state index < -0.39 is 42.0 Å². The number of aliphatic hydroxyl groups excluding tert-OH is 2. The Balaban J connectivity index is 1.37. The molecule has 7 N–H and O–H groups in total. The van der Waals surface area contributed by atoms with Crippen LogP contribution in [0.25, 0.3) is 0 Å². The molecule has 0 bridgehead atoms. The number of nitrogens with one attached hydrogen (secondary N) is 3. The smallest absolute Gasteiger partial charge is 0.408 e. The number of alkyl carbamates (subject to hydrolysis) is 1. The lowest BCUT2D eigenvalue weighted by Crippen LogP contribution is -2.51. The first-order valence-electron chi connectivity index (χ1n) is 15.8. The van der Waals surface area contributed by atoms with Gasteiger partial charge in [0, 0.05) is 19.4 Å². The molecule has 2 aliphatic heterocycles. The Labute approximate surface area is 273 Å². The average molecular weight is 655 g/mol. The molecule has 0 aliphatic carbocycles. The van der Waals surface area contributed by atoms with Crippen LogP contribution < -0.4 is 16.0 Å². The topological polar surface area (TPSA) is 202 Å². The highest BCUT2D eigenvalue weighted by atomic mass is 16.6. The van der Waals surface area contributed by atoms with Crippen molar-refractivity contribution >= 4 is 29.8 Å². The molecule has 0 spiro atoms. The van der Waals surface area contributed by atoms with Gasteiger partial charge in [0.15, 0.2) is 0 Å². The summed E-state index contributed by atoms with van der Waals surface area (Å²) in [5.41, 5.74) is -0.0991. The molecule has 2 aromatic carbocycles. The number of guanidine groups is 1. The van der Waals surface area contributed by atoms with Crippen molar-refractivity contribution in [1.82, 2.24) is 16.0 Å². The normalized spacial score (nSPS) is 22.0. The number of hydrogen-bond acceptors (Lipinski definition) is 9. The maximum absolute atomic E-state index is 13.1. The molecule has 0 saturated carbocycles. The Bertz CT molecular complexity index is 1410. The van der Waals surface area contributed by atoms with Crippen molar-refractivity contribution in [1.29, 1.82) is 0 Å². The minimum atomic E-state index is -1.70. The third kappa shape index (κ3) is 11.0. The van der Waals surface area contributed by atoms with E-state index in [9.17, 15) is 29.7 Å². The Hall–Kier alpha value is -4.53. The number of benzene rings is 2. The van der Waals surface area contributed by atoms with Crippen molar-refractivity contribution in [3.05, 3.63) is 71.8 Å². The molecule has 1 fully saturated rings. The van der Waals surface area contributed by atoms with Gasteiger partial charge in [-0.2, -0.15) is 0 Å². The molecular weight excluding hydrogens is 610 g/mol. The second kappa shape index (κ2) is 17.4. The SMILES string of the molecule is O=C(O)CCCCN=C1NC2=[N+](CCCC[C@H](NC(=O)OCc3ccccc3)C(=O)OCc3ccccc3)C[C@@H](O)[C@@H](O)CC2(O)N1. The van der Waals surface area contributed by atoms with Crippen molar-refractivity contribution in [3.8, 4) is 0 Å². The number of amidine groups is 1. The molecule has 254 valence electrons. The maximum atomic E-state index is 13.1. The molecule has 2 heterocycles. The fraction of sp³-hybridized carbons (Fsp3) is 0.485. The summed E-state index contributed by atoms with van der Waals surface area (Å²) in [5.74, 6) is -0.864. The van der Waals surface area contributed by atoms with Gasteiger partial charge >= 0.3 is 23.9 Å².